The van der Waals surface area contributed by atoms with Gasteiger partial charge in [-0.15, -0.1) is 0 Å². The maximum absolute atomic E-state index is 11.7. The predicted octanol–water partition coefficient (Wildman–Crippen LogP) is 2.53. The number of aryl methyl sites for hydroxylation is 1. The Hall–Kier alpha value is -1.51. The first-order valence-corrected chi connectivity index (χ1v) is 5.90. The van der Waals surface area contributed by atoms with Crippen molar-refractivity contribution < 1.29 is 4.79 Å². The van der Waals surface area contributed by atoms with Gasteiger partial charge in [-0.05, 0) is 37.3 Å². The molecule has 3 heteroatoms. The van der Waals surface area contributed by atoms with Crippen LogP contribution in [0.5, 0.6) is 0 Å². The van der Waals surface area contributed by atoms with E-state index in [0.717, 1.165) is 11.4 Å². The molecule has 2 N–H and O–H groups in total. The van der Waals surface area contributed by atoms with Crippen LogP contribution < -0.4 is 10.6 Å². The lowest BCUT2D eigenvalue weighted by molar-refractivity contribution is -0.116. The topological polar surface area (TPSA) is 41.1 Å². The molecule has 0 spiro atoms. The standard InChI is InChI=1S/C13H16N2O/c1-8-3-2-4-10-13(8)15-11(9-5-6-9)7-12(16)14-10/h2-4,9,11,15H,5-7H2,1H3,(H,14,16). The molecule has 0 saturated heterocycles. The van der Waals surface area contributed by atoms with Crippen LogP contribution in [0.15, 0.2) is 18.2 Å². The second kappa shape index (κ2) is 3.51. The smallest absolute Gasteiger partial charge is 0.226 e. The molecule has 1 aliphatic carbocycles. The molecule has 1 amide bonds. The van der Waals surface area contributed by atoms with Crippen LogP contribution in [0.2, 0.25) is 0 Å². The Kier molecular flexibility index (Phi) is 2.13. The van der Waals surface area contributed by atoms with Crippen molar-refractivity contribution in [3.05, 3.63) is 23.8 Å². The van der Waals surface area contributed by atoms with Crippen LogP contribution in [0.3, 0.4) is 0 Å². The largest absolute Gasteiger partial charge is 0.380 e. The second-order valence-corrected chi connectivity index (χ2v) is 4.84. The number of rotatable bonds is 1. The number of nitrogens with one attached hydrogen (secondary N) is 2. The Bertz CT molecular complexity index is 438. The van der Waals surface area contributed by atoms with E-state index in [9.17, 15) is 4.79 Å². The summed E-state index contributed by atoms with van der Waals surface area (Å²) in [6.45, 7) is 2.08. The van der Waals surface area contributed by atoms with Gasteiger partial charge in [0.2, 0.25) is 5.91 Å². The van der Waals surface area contributed by atoms with Gasteiger partial charge in [-0.1, -0.05) is 12.1 Å². The molecule has 3 rings (SSSR count). The number of fused-ring (bicyclic) bond motifs is 1. The number of anilines is 2. The van der Waals surface area contributed by atoms with Gasteiger partial charge in [0, 0.05) is 12.5 Å². The summed E-state index contributed by atoms with van der Waals surface area (Å²) in [5.74, 6) is 0.824. The van der Waals surface area contributed by atoms with Crippen molar-refractivity contribution in [2.75, 3.05) is 10.6 Å². The molecule has 16 heavy (non-hydrogen) atoms. The summed E-state index contributed by atoms with van der Waals surface area (Å²) in [5.41, 5.74) is 3.23. The van der Waals surface area contributed by atoms with Crippen LogP contribution in [0.4, 0.5) is 11.4 Å². The van der Waals surface area contributed by atoms with E-state index < -0.39 is 0 Å². The van der Waals surface area contributed by atoms with Crippen molar-refractivity contribution in [3.63, 3.8) is 0 Å². The van der Waals surface area contributed by atoms with Gasteiger partial charge in [0.15, 0.2) is 0 Å². The van der Waals surface area contributed by atoms with E-state index in [-0.39, 0.29) is 5.91 Å². The summed E-state index contributed by atoms with van der Waals surface area (Å²) in [7, 11) is 0. The van der Waals surface area contributed by atoms with Gasteiger partial charge >= 0.3 is 0 Å². The summed E-state index contributed by atoms with van der Waals surface area (Å²) in [6.07, 6.45) is 3.11. The predicted molar refractivity (Wildman–Crippen MR) is 64.6 cm³/mol. The highest BCUT2D eigenvalue weighted by Crippen LogP contribution is 2.39. The highest BCUT2D eigenvalue weighted by molar-refractivity contribution is 5.97. The lowest BCUT2D eigenvalue weighted by atomic mass is 10.1. The Morgan fingerprint density at radius 2 is 2.12 bits per heavy atom. The van der Waals surface area contributed by atoms with Crippen molar-refractivity contribution in [3.8, 4) is 0 Å². The van der Waals surface area contributed by atoms with Gasteiger partial charge in [-0.25, -0.2) is 0 Å². The molecule has 2 aliphatic rings. The van der Waals surface area contributed by atoms with Crippen LogP contribution in [0, 0.1) is 12.8 Å². The molecule has 1 fully saturated rings. The summed E-state index contributed by atoms with van der Waals surface area (Å²) in [4.78, 5) is 11.7. The third-order valence-corrected chi connectivity index (χ3v) is 3.47. The molecule has 84 valence electrons. The number of carbonyl (C=O) groups excluding carboxylic acids is 1. The number of hydrogen-bond donors (Lipinski definition) is 2. The van der Waals surface area contributed by atoms with Crippen LogP contribution in [0.1, 0.15) is 24.8 Å². The van der Waals surface area contributed by atoms with Crippen LogP contribution in [-0.2, 0) is 4.79 Å². The van der Waals surface area contributed by atoms with E-state index in [4.69, 9.17) is 0 Å². The summed E-state index contributed by atoms with van der Waals surface area (Å²) < 4.78 is 0. The number of hydrogen-bond acceptors (Lipinski definition) is 2. The first-order valence-electron chi connectivity index (χ1n) is 5.90. The molecule has 1 aromatic carbocycles. The number of benzene rings is 1. The Balaban J connectivity index is 1.98. The van der Waals surface area contributed by atoms with Gasteiger partial charge in [0.05, 0.1) is 11.4 Å². The van der Waals surface area contributed by atoms with Gasteiger partial charge in [-0.3, -0.25) is 4.79 Å². The second-order valence-electron chi connectivity index (χ2n) is 4.84. The Labute approximate surface area is 95.2 Å². The fraction of sp³-hybridized carbons (Fsp3) is 0.462. The van der Waals surface area contributed by atoms with Gasteiger partial charge in [-0.2, -0.15) is 0 Å². The molecule has 0 aromatic heterocycles. The van der Waals surface area contributed by atoms with Gasteiger partial charge in [0.25, 0.3) is 0 Å². The van der Waals surface area contributed by atoms with Gasteiger partial charge in [0.1, 0.15) is 0 Å². The summed E-state index contributed by atoms with van der Waals surface area (Å²) in [5, 5.41) is 6.51. The van der Waals surface area contributed by atoms with E-state index in [2.05, 4.69) is 23.6 Å². The minimum absolute atomic E-state index is 0.133. The molecule has 1 aromatic rings. The molecule has 1 aliphatic heterocycles. The van der Waals surface area contributed by atoms with Crippen LogP contribution >= 0.6 is 0 Å². The SMILES string of the molecule is Cc1cccc2c1NC(C1CC1)CC(=O)N2. The molecular weight excluding hydrogens is 200 g/mol. The molecule has 1 atom stereocenters. The zero-order chi connectivity index (χ0) is 11.1. The molecule has 3 nitrogen and oxygen atoms in total. The van der Waals surface area contributed by atoms with Crippen molar-refractivity contribution in [2.45, 2.75) is 32.2 Å². The van der Waals surface area contributed by atoms with E-state index in [1.165, 1.54) is 18.4 Å². The zero-order valence-electron chi connectivity index (χ0n) is 9.42. The fourth-order valence-corrected chi connectivity index (χ4v) is 2.38. The molecule has 1 heterocycles. The normalized spacial score (nSPS) is 24.1. The van der Waals surface area contributed by atoms with Crippen molar-refractivity contribution in [1.29, 1.82) is 0 Å². The molecule has 0 radical (unpaired) electrons. The number of amides is 1. The summed E-state index contributed by atoms with van der Waals surface area (Å²) in [6, 6.07) is 6.34. The number of carbonyl (C=O) groups is 1. The third-order valence-electron chi connectivity index (χ3n) is 3.47. The van der Waals surface area contributed by atoms with E-state index >= 15 is 0 Å². The van der Waals surface area contributed by atoms with E-state index in [1.54, 1.807) is 0 Å². The number of para-hydroxylation sites is 1. The van der Waals surface area contributed by atoms with Crippen molar-refractivity contribution in [2.24, 2.45) is 5.92 Å². The quantitative estimate of drug-likeness (QED) is 0.757. The highest BCUT2D eigenvalue weighted by Gasteiger charge is 2.34. The Morgan fingerprint density at radius 3 is 2.88 bits per heavy atom. The Morgan fingerprint density at radius 1 is 1.31 bits per heavy atom. The average molecular weight is 216 g/mol. The molecule has 1 saturated carbocycles. The van der Waals surface area contributed by atoms with Crippen LogP contribution in [-0.4, -0.2) is 11.9 Å². The zero-order valence-corrected chi connectivity index (χ0v) is 9.42. The van der Waals surface area contributed by atoms with E-state index in [0.29, 0.717) is 18.4 Å². The van der Waals surface area contributed by atoms with Crippen molar-refractivity contribution in [1.82, 2.24) is 0 Å². The highest BCUT2D eigenvalue weighted by atomic mass is 16.1. The van der Waals surface area contributed by atoms with E-state index in [1.807, 2.05) is 12.1 Å². The monoisotopic (exact) mass is 216 g/mol. The average Bonchev–Trinajstić information content (AvgIpc) is 3.02. The lowest BCUT2D eigenvalue weighted by Gasteiger charge is -2.17. The lowest BCUT2D eigenvalue weighted by Crippen LogP contribution is -2.24. The summed E-state index contributed by atoms with van der Waals surface area (Å²) >= 11 is 0. The minimum Gasteiger partial charge on any atom is -0.380 e. The fourth-order valence-electron chi connectivity index (χ4n) is 2.38. The maximum Gasteiger partial charge on any atom is 0.226 e. The maximum atomic E-state index is 11.7. The molecular formula is C13H16N2O. The molecule has 1 unspecified atom stereocenters. The third kappa shape index (κ3) is 1.66. The van der Waals surface area contributed by atoms with Crippen molar-refractivity contribution >= 4 is 17.3 Å². The molecule has 0 bridgehead atoms. The first kappa shape index (κ1) is 9.70. The van der Waals surface area contributed by atoms with Gasteiger partial charge < -0.3 is 10.6 Å². The minimum atomic E-state index is 0.133. The first-order chi connectivity index (χ1) is 7.74. The van der Waals surface area contributed by atoms with Crippen LogP contribution in [0.25, 0.3) is 0 Å².